The van der Waals surface area contributed by atoms with Crippen molar-refractivity contribution in [2.75, 3.05) is 0 Å². The van der Waals surface area contributed by atoms with E-state index in [2.05, 4.69) is 4.98 Å². The molecule has 1 heterocycles. The lowest BCUT2D eigenvalue weighted by atomic mass is 9.85. The maximum absolute atomic E-state index is 11.7. The molecule has 2 aromatic rings. The van der Waals surface area contributed by atoms with Crippen LogP contribution in [0.5, 0.6) is 0 Å². The molecule has 0 bridgehead atoms. The van der Waals surface area contributed by atoms with Gasteiger partial charge in [0, 0.05) is 12.4 Å². The maximum Gasteiger partial charge on any atom is 0.315 e. The summed E-state index contributed by atoms with van der Waals surface area (Å²) in [5.41, 5.74) is 4.82. The molecule has 1 aromatic heterocycles. The molecular weight excluding hydrogens is 238 g/mol. The highest BCUT2D eigenvalue weighted by Gasteiger charge is 2.25. The number of aromatic nitrogens is 1. The number of carbonyl (C=O) groups is 1. The van der Waals surface area contributed by atoms with Gasteiger partial charge in [0.2, 0.25) is 0 Å². The molecule has 1 atom stereocenters. The highest BCUT2D eigenvalue weighted by molar-refractivity contribution is 5.81. The first-order chi connectivity index (χ1) is 9.00. The molecule has 19 heavy (non-hydrogen) atoms. The Morgan fingerprint density at radius 2 is 1.63 bits per heavy atom. The van der Waals surface area contributed by atoms with Crippen LogP contribution in [0.2, 0.25) is 0 Å². The molecule has 0 fully saturated rings. The normalized spacial score (nSPS) is 12.2. The third kappa shape index (κ3) is 2.65. The van der Waals surface area contributed by atoms with E-state index < -0.39 is 11.9 Å². The number of aliphatic carboxylic acids is 1. The van der Waals surface area contributed by atoms with Crippen molar-refractivity contribution in [3.8, 4) is 0 Å². The molecule has 0 saturated heterocycles. The molecule has 0 aliphatic rings. The smallest absolute Gasteiger partial charge is 0.315 e. The van der Waals surface area contributed by atoms with Crippen LogP contribution < -0.4 is 0 Å². The van der Waals surface area contributed by atoms with Crippen LogP contribution in [0.4, 0.5) is 0 Å². The lowest BCUT2D eigenvalue weighted by Gasteiger charge is -2.19. The summed E-state index contributed by atoms with van der Waals surface area (Å²) in [5.74, 6) is -1.47. The molecule has 0 aliphatic heterocycles. The molecule has 0 spiro atoms. The van der Waals surface area contributed by atoms with Crippen molar-refractivity contribution in [1.29, 1.82) is 0 Å². The molecule has 0 saturated carbocycles. The zero-order chi connectivity index (χ0) is 14.0. The minimum Gasteiger partial charge on any atom is -0.481 e. The largest absolute Gasteiger partial charge is 0.481 e. The number of carboxylic acids is 1. The zero-order valence-corrected chi connectivity index (χ0v) is 11.3. The van der Waals surface area contributed by atoms with Gasteiger partial charge in [0.05, 0.1) is 0 Å². The van der Waals surface area contributed by atoms with Crippen molar-refractivity contribution >= 4 is 5.97 Å². The molecule has 0 amide bonds. The fourth-order valence-corrected chi connectivity index (χ4v) is 2.64. The van der Waals surface area contributed by atoms with Crippen molar-refractivity contribution in [3.05, 3.63) is 64.5 Å². The van der Waals surface area contributed by atoms with Gasteiger partial charge >= 0.3 is 5.97 Å². The van der Waals surface area contributed by atoms with E-state index in [0.717, 1.165) is 27.8 Å². The topological polar surface area (TPSA) is 50.2 Å². The van der Waals surface area contributed by atoms with Crippen molar-refractivity contribution in [2.24, 2.45) is 0 Å². The summed E-state index contributed by atoms with van der Waals surface area (Å²) in [5, 5.41) is 9.58. The summed E-state index contributed by atoms with van der Waals surface area (Å²) in [4.78, 5) is 15.6. The number of hydrogen-bond donors (Lipinski definition) is 1. The molecule has 0 aliphatic carbocycles. The van der Waals surface area contributed by atoms with Gasteiger partial charge in [0.1, 0.15) is 5.92 Å². The van der Waals surface area contributed by atoms with Gasteiger partial charge in [-0.3, -0.25) is 9.78 Å². The van der Waals surface area contributed by atoms with E-state index in [1.165, 1.54) is 0 Å². The number of nitrogens with zero attached hydrogens (tertiary/aromatic N) is 1. The fraction of sp³-hybridized carbons (Fsp3) is 0.250. The average molecular weight is 255 g/mol. The second-order valence-corrected chi connectivity index (χ2v) is 4.86. The Kier molecular flexibility index (Phi) is 3.65. The Hall–Kier alpha value is -2.16. The van der Waals surface area contributed by atoms with Gasteiger partial charge in [0.15, 0.2) is 0 Å². The molecule has 98 valence electrons. The van der Waals surface area contributed by atoms with E-state index in [-0.39, 0.29) is 0 Å². The van der Waals surface area contributed by atoms with Crippen LogP contribution in [-0.2, 0) is 4.79 Å². The number of aryl methyl sites for hydroxylation is 3. The Morgan fingerprint density at radius 1 is 1.11 bits per heavy atom. The number of pyridine rings is 1. The molecular formula is C16H17NO2. The first kappa shape index (κ1) is 13.3. The number of carboxylic acid groups (broad SMARTS) is 1. The van der Waals surface area contributed by atoms with E-state index in [1.807, 2.05) is 32.9 Å². The monoisotopic (exact) mass is 255 g/mol. The Balaban J connectivity index is 2.62. The van der Waals surface area contributed by atoms with Gasteiger partial charge in [-0.1, -0.05) is 17.7 Å². The first-order valence-electron chi connectivity index (χ1n) is 6.21. The van der Waals surface area contributed by atoms with Crippen LogP contribution in [0.25, 0.3) is 0 Å². The van der Waals surface area contributed by atoms with Crippen LogP contribution in [0.15, 0.2) is 36.7 Å². The average Bonchev–Trinajstić information content (AvgIpc) is 2.34. The van der Waals surface area contributed by atoms with Gasteiger partial charge in [0.25, 0.3) is 0 Å². The van der Waals surface area contributed by atoms with Crippen LogP contribution in [0, 0.1) is 20.8 Å². The lowest BCUT2D eigenvalue weighted by molar-refractivity contribution is -0.137. The number of hydrogen-bond acceptors (Lipinski definition) is 2. The molecule has 0 radical (unpaired) electrons. The predicted molar refractivity (Wildman–Crippen MR) is 74.4 cm³/mol. The summed E-state index contributed by atoms with van der Waals surface area (Å²) in [6.45, 7) is 5.95. The number of benzene rings is 1. The highest BCUT2D eigenvalue weighted by atomic mass is 16.4. The summed E-state index contributed by atoms with van der Waals surface area (Å²) >= 11 is 0. The minimum atomic E-state index is -0.832. The number of rotatable bonds is 3. The van der Waals surface area contributed by atoms with E-state index in [0.29, 0.717) is 0 Å². The molecule has 3 nitrogen and oxygen atoms in total. The molecule has 1 N–H and O–H groups in total. The minimum absolute atomic E-state index is 0.636. The summed E-state index contributed by atoms with van der Waals surface area (Å²) in [6, 6.07) is 7.58. The Labute approximate surface area is 112 Å². The SMILES string of the molecule is Cc1cc(C)c(C(C(=O)O)c2ccncc2)c(C)c1. The third-order valence-corrected chi connectivity index (χ3v) is 3.31. The van der Waals surface area contributed by atoms with E-state index in [1.54, 1.807) is 24.5 Å². The summed E-state index contributed by atoms with van der Waals surface area (Å²) < 4.78 is 0. The van der Waals surface area contributed by atoms with Gasteiger partial charge in [-0.15, -0.1) is 0 Å². The fourth-order valence-electron chi connectivity index (χ4n) is 2.64. The van der Waals surface area contributed by atoms with Crippen LogP contribution in [0.1, 0.15) is 33.7 Å². The van der Waals surface area contributed by atoms with Gasteiger partial charge < -0.3 is 5.11 Å². The highest BCUT2D eigenvalue weighted by Crippen LogP contribution is 2.30. The second kappa shape index (κ2) is 5.22. The van der Waals surface area contributed by atoms with E-state index >= 15 is 0 Å². The lowest BCUT2D eigenvalue weighted by Crippen LogP contribution is -2.16. The third-order valence-electron chi connectivity index (χ3n) is 3.31. The van der Waals surface area contributed by atoms with Crippen molar-refractivity contribution < 1.29 is 9.90 Å². The van der Waals surface area contributed by atoms with E-state index in [4.69, 9.17) is 0 Å². The van der Waals surface area contributed by atoms with Crippen LogP contribution >= 0.6 is 0 Å². The zero-order valence-electron chi connectivity index (χ0n) is 11.3. The molecule has 1 unspecified atom stereocenters. The van der Waals surface area contributed by atoms with Crippen molar-refractivity contribution in [3.63, 3.8) is 0 Å². The molecule has 1 aromatic carbocycles. The molecule has 2 rings (SSSR count). The van der Waals surface area contributed by atoms with Crippen molar-refractivity contribution in [2.45, 2.75) is 26.7 Å². The Morgan fingerprint density at radius 3 is 2.11 bits per heavy atom. The van der Waals surface area contributed by atoms with Gasteiger partial charge in [-0.2, -0.15) is 0 Å². The second-order valence-electron chi connectivity index (χ2n) is 4.86. The van der Waals surface area contributed by atoms with Gasteiger partial charge in [-0.25, -0.2) is 0 Å². The first-order valence-corrected chi connectivity index (χ1v) is 6.21. The van der Waals surface area contributed by atoms with Crippen molar-refractivity contribution in [1.82, 2.24) is 4.98 Å². The standard InChI is InChI=1S/C16H17NO2/c1-10-8-11(2)14(12(3)9-10)15(16(18)19)13-4-6-17-7-5-13/h4-9,15H,1-3H3,(H,18,19). The van der Waals surface area contributed by atoms with Crippen LogP contribution in [-0.4, -0.2) is 16.1 Å². The van der Waals surface area contributed by atoms with Crippen LogP contribution in [0.3, 0.4) is 0 Å². The summed E-state index contributed by atoms with van der Waals surface area (Å²) in [6.07, 6.45) is 3.26. The van der Waals surface area contributed by atoms with E-state index in [9.17, 15) is 9.90 Å². The Bertz CT molecular complexity index is 582. The summed E-state index contributed by atoms with van der Waals surface area (Å²) in [7, 11) is 0. The quantitative estimate of drug-likeness (QED) is 0.916. The maximum atomic E-state index is 11.7. The van der Waals surface area contributed by atoms with Gasteiger partial charge in [-0.05, 0) is 55.2 Å². The predicted octanol–water partition coefficient (Wildman–Crippen LogP) is 3.22. The molecule has 3 heteroatoms.